The lowest BCUT2D eigenvalue weighted by molar-refractivity contribution is -0.384. The molecule has 20 heavy (non-hydrogen) atoms. The van der Waals surface area contributed by atoms with Gasteiger partial charge in [-0.15, -0.1) is 11.3 Å². The van der Waals surface area contributed by atoms with Crippen LogP contribution in [0.2, 0.25) is 0 Å². The van der Waals surface area contributed by atoms with E-state index in [9.17, 15) is 10.1 Å². The van der Waals surface area contributed by atoms with Crippen molar-refractivity contribution in [1.29, 1.82) is 0 Å². The van der Waals surface area contributed by atoms with Gasteiger partial charge in [0.05, 0.1) is 4.92 Å². The zero-order valence-electron chi connectivity index (χ0n) is 11.2. The van der Waals surface area contributed by atoms with Crippen LogP contribution in [-0.4, -0.2) is 28.0 Å². The number of rotatable bonds is 5. The van der Waals surface area contributed by atoms with Gasteiger partial charge in [-0.2, -0.15) is 4.98 Å². The number of likely N-dealkylation sites (N-methyl/N-ethyl adjacent to an activating group) is 1. The van der Waals surface area contributed by atoms with Crippen LogP contribution in [0.15, 0.2) is 23.7 Å². The van der Waals surface area contributed by atoms with Gasteiger partial charge in [0.1, 0.15) is 6.20 Å². The van der Waals surface area contributed by atoms with Crippen molar-refractivity contribution in [3.05, 3.63) is 38.7 Å². The summed E-state index contributed by atoms with van der Waals surface area (Å²) in [5.41, 5.74) is 5.31. The molecule has 1 unspecified atom stereocenters. The third kappa shape index (κ3) is 3.02. The number of nitrogens with two attached hydrogens (primary N) is 1. The fourth-order valence-electron chi connectivity index (χ4n) is 1.74. The Morgan fingerprint density at radius 1 is 1.60 bits per heavy atom. The zero-order valence-corrected chi connectivity index (χ0v) is 12.0. The number of nitro groups is 1. The molecule has 8 heteroatoms. The summed E-state index contributed by atoms with van der Waals surface area (Å²) in [4.78, 5) is 21.2. The van der Waals surface area contributed by atoms with Gasteiger partial charge in [0, 0.05) is 24.4 Å². The third-order valence-corrected chi connectivity index (χ3v) is 3.93. The van der Waals surface area contributed by atoms with Crippen molar-refractivity contribution in [2.45, 2.75) is 19.4 Å². The van der Waals surface area contributed by atoms with Crippen LogP contribution in [0.25, 0.3) is 0 Å². The Morgan fingerprint density at radius 2 is 2.35 bits per heavy atom. The molecule has 0 saturated carbocycles. The average molecular weight is 293 g/mol. The molecule has 2 aromatic heterocycles. The quantitative estimate of drug-likeness (QED) is 0.669. The topological polar surface area (TPSA) is 98.2 Å². The van der Waals surface area contributed by atoms with Crippen LogP contribution in [-0.2, 0) is 6.42 Å². The minimum atomic E-state index is -0.589. The predicted octanol–water partition coefficient (Wildman–Crippen LogP) is 2.10. The normalized spacial score (nSPS) is 12.1. The Kier molecular flexibility index (Phi) is 4.14. The highest BCUT2D eigenvalue weighted by atomic mass is 32.1. The number of hydrogen-bond donors (Lipinski definition) is 1. The lowest BCUT2D eigenvalue weighted by Crippen LogP contribution is -2.32. The molecule has 106 valence electrons. The molecule has 2 N–H and O–H groups in total. The van der Waals surface area contributed by atoms with Gasteiger partial charge in [-0.05, 0) is 18.4 Å². The van der Waals surface area contributed by atoms with Crippen molar-refractivity contribution in [3.63, 3.8) is 0 Å². The van der Waals surface area contributed by atoms with E-state index in [1.807, 2.05) is 30.3 Å². The number of nitrogens with zero attached hydrogens (tertiary/aromatic N) is 4. The molecule has 0 aliphatic rings. The molecule has 0 aliphatic heterocycles. The van der Waals surface area contributed by atoms with E-state index in [4.69, 9.17) is 5.73 Å². The van der Waals surface area contributed by atoms with Crippen LogP contribution in [0.1, 0.15) is 11.8 Å². The first-order valence-electron chi connectivity index (χ1n) is 6.01. The average Bonchev–Trinajstić information content (AvgIpc) is 2.90. The van der Waals surface area contributed by atoms with Crippen LogP contribution in [0.3, 0.4) is 0 Å². The molecule has 0 bridgehead atoms. The molecule has 2 aromatic rings. The largest absolute Gasteiger partial charge is 0.378 e. The summed E-state index contributed by atoms with van der Waals surface area (Å²) in [6.07, 6.45) is 2.00. The van der Waals surface area contributed by atoms with Crippen molar-refractivity contribution >= 4 is 28.8 Å². The van der Waals surface area contributed by atoms with Gasteiger partial charge in [0.25, 0.3) is 0 Å². The molecule has 0 saturated heterocycles. The third-order valence-electron chi connectivity index (χ3n) is 3.04. The standard InChI is InChI=1S/C12H15N5O2S/c1-8(6-9-4-3-5-20-9)16(2)12-14-7-10(17(18)19)11(13)15-12/h3-5,7-8H,6H2,1-2H3,(H2,13,14,15). The highest BCUT2D eigenvalue weighted by Gasteiger charge is 2.19. The molecule has 0 fully saturated rings. The molecule has 2 heterocycles. The fraction of sp³-hybridized carbons (Fsp3) is 0.333. The first-order chi connectivity index (χ1) is 9.49. The van der Waals surface area contributed by atoms with Crippen LogP contribution < -0.4 is 10.6 Å². The van der Waals surface area contributed by atoms with Gasteiger partial charge < -0.3 is 10.6 Å². The van der Waals surface area contributed by atoms with Crippen LogP contribution in [0, 0.1) is 10.1 Å². The van der Waals surface area contributed by atoms with Gasteiger partial charge in [-0.3, -0.25) is 10.1 Å². The second-order valence-corrected chi connectivity index (χ2v) is 5.47. The number of nitrogen functional groups attached to an aromatic ring is 1. The van der Waals surface area contributed by atoms with E-state index < -0.39 is 4.92 Å². The molecule has 0 amide bonds. The zero-order chi connectivity index (χ0) is 14.7. The summed E-state index contributed by atoms with van der Waals surface area (Å²) in [6.45, 7) is 2.04. The van der Waals surface area contributed by atoms with E-state index in [-0.39, 0.29) is 17.5 Å². The van der Waals surface area contributed by atoms with Crippen LogP contribution >= 0.6 is 11.3 Å². The van der Waals surface area contributed by atoms with Crippen molar-refractivity contribution < 1.29 is 4.92 Å². The van der Waals surface area contributed by atoms with Crippen molar-refractivity contribution in [2.75, 3.05) is 17.7 Å². The second-order valence-electron chi connectivity index (χ2n) is 4.44. The monoisotopic (exact) mass is 293 g/mol. The summed E-state index contributed by atoms with van der Waals surface area (Å²) < 4.78 is 0. The molecule has 2 rings (SSSR count). The first-order valence-corrected chi connectivity index (χ1v) is 6.89. The lowest BCUT2D eigenvalue weighted by Gasteiger charge is -2.24. The Bertz CT molecular complexity index is 602. The van der Waals surface area contributed by atoms with Gasteiger partial charge in [0.2, 0.25) is 11.8 Å². The molecule has 1 atom stereocenters. The maximum Gasteiger partial charge on any atom is 0.329 e. The molecule has 0 aromatic carbocycles. The van der Waals surface area contributed by atoms with Crippen LogP contribution in [0.4, 0.5) is 17.5 Å². The van der Waals surface area contributed by atoms with E-state index in [0.717, 1.165) is 12.6 Å². The van der Waals surface area contributed by atoms with Crippen molar-refractivity contribution in [1.82, 2.24) is 9.97 Å². The van der Waals surface area contributed by atoms with Gasteiger partial charge >= 0.3 is 5.69 Å². The van der Waals surface area contributed by atoms with Crippen molar-refractivity contribution in [2.24, 2.45) is 0 Å². The number of aromatic nitrogens is 2. The number of thiophene rings is 1. The summed E-state index contributed by atoms with van der Waals surface area (Å²) in [7, 11) is 1.85. The molecule has 0 radical (unpaired) electrons. The first kappa shape index (κ1) is 14.2. The summed E-state index contributed by atoms with van der Waals surface area (Å²) in [5, 5.41) is 12.7. The van der Waals surface area contributed by atoms with Gasteiger partial charge in [0.15, 0.2) is 0 Å². The maximum absolute atomic E-state index is 10.7. The van der Waals surface area contributed by atoms with E-state index >= 15 is 0 Å². The van der Waals surface area contributed by atoms with Crippen molar-refractivity contribution in [3.8, 4) is 0 Å². The lowest BCUT2D eigenvalue weighted by atomic mass is 10.2. The highest BCUT2D eigenvalue weighted by molar-refractivity contribution is 7.09. The molecular formula is C12H15N5O2S. The molecule has 7 nitrogen and oxygen atoms in total. The molecule has 0 aliphatic carbocycles. The van der Waals surface area contributed by atoms with Gasteiger partial charge in [-0.1, -0.05) is 6.07 Å². The molecular weight excluding hydrogens is 278 g/mol. The molecule has 0 spiro atoms. The van der Waals surface area contributed by atoms with Gasteiger partial charge in [-0.25, -0.2) is 4.98 Å². The number of anilines is 2. The SMILES string of the molecule is CC(Cc1cccs1)N(C)c1ncc([N+](=O)[O-])c(N)n1. The summed E-state index contributed by atoms with van der Waals surface area (Å²) in [5.74, 6) is 0.271. The summed E-state index contributed by atoms with van der Waals surface area (Å²) >= 11 is 1.69. The smallest absolute Gasteiger partial charge is 0.329 e. The summed E-state index contributed by atoms with van der Waals surface area (Å²) in [6, 6.07) is 4.24. The van der Waals surface area contributed by atoms with E-state index in [0.29, 0.717) is 5.95 Å². The predicted molar refractivity (Wildman–Crippen MR) is 79.0 cm³/mol. The Hall–Kier alpha value is -2.22. The maximum atomic E-state index is 10.7. The minimum Gasteiger partial charge on any atom is -0.378 e. The van der Waals surface area contributed by atoms with Crippen LogP contribution in [0.5, 0.6) is 0 Å². The number of hydrogen-bond acceptors (Lipinski definition) is 7. The Balaban J connectivity index is 2.14. The highest BCUT2D eigenvalue weighted by Crippen LogP contribution is 2.22. The Morgan fingerprint density at radius 3 is 2.90 bits per heavy atom. The van der Waals surface area contributed by atoms with E-state index in [1.165, 1.54) is 4.88 Å². The van der Waals surface area contributed by atoms with E-state index in [2.05, 4.69) is 16.0 Å². The van der Waals surface area contributed by atoms with E-state index in [1.54, 1.807) is 11.3 Å². The minimum absolute atomic E-state index is 0.116. The second kappa shape index (κ2) is 5.83. The fourth-order valence-corrected chi connectivity index (χ4v) is 2.57. The Labute approximate surface area is 120 Å².